The summed E-state index contributed by atoms with van der Waals surface area (Å²) in [5, 5.41) is 11.9. The molecule has 0 aromatic heterocycles. The van der Waals surface area contributed by atoms with Gasteiger partial charge < -0.3 is 19.5 Å². The van der Waals surface area contributed by atoms with Crippen LogP contribution in [0.2, 0.25) is 0 Å². The van der Waals surface area contributed by atoms with Gasteiger partial charge in [-0.05, 0) is 57.7 Å². The first-order valence-corrected chi connectivity index (χ1v) is 8.53. The molecule has 0 spiro atoms. The Balaban J connectivity index is 1.95. The van der Waals surface area contributed by atoms with E-state index in [-0.39, 0.29) is 17.6 Å². The summed E-state index contributed by atoms with van der Waals surface area (Å²) in [6.07, 6.45) is 1.79. The molecule has 1 unspecified atom stereocenters. The fourth-order valence-corrected chi connectivity index (χ4v) is 2.57. The van der Waals surface area contributed by atoms with E-state index in [4.69, 9.17) is 14.2 Å². The second kappa shape index (κ2) is 8.09. The van der Waals surface area contributed by atoms with Crippen molar-refractivity contribution in [2.24, 2.45) is 5.92 Å². The molecule has 0 aliphatic heterocycles. The van der Waals surface area contributed by atoms with Crippen molar-refractivity contribution in [3.63, 3.8) is 0 Å². The van der Waals surface area contributed by atoms with Gasteiger partial charge in [0.25, 0.3) is 5.91 Å². The van der Waals surface area contributed by atoms with Crippen LogP contribution in [0, 0.1) is 17.2 Å². The van der Waals surface area contributed by atoms with Crippen molar-refractivity contribution in [2.75, 3.05) is 13.7 Å². The van der Waals surface area contributed by atoms with E-state index in [9.17, 15) is 14.9 Å². The lowest BCUT2D eigenvalue weighted by Gasteiger charge is -2.22. The Morgan fingerprint density at radius 2 is 2.04 bits per heavy atom. The van der Waals surface area contributed by atoms with Crippen LogP contribution < -0.4 is 14.8 Å². The first-order valence-electron chi connectivity index (χ1n) is 8.53. The summed E-state index contributed by atoms with van der Waals surface area (Å²) in [7, 11) is 1.48. The van der Waals surface area contributed by atoms with Gasteiger partial charge in [0, 0.05) is 0 Å². The highest BCUT2D eigenvalue weighted by Crippen LogP contribution is 2.39. The molecule has 1 aromatic carbocycles. The first-order chi connectivity index (χ1) is 12.3. The molecule has 2 rings (SSSR count). The maximum Gasteiger partial charge on any atom is 0.338 e. The molecule has 1 amide bonds. The molecule has 0 radical (unpaired) electrons. The van der Waals surface area contributed by atoms with E-state index in [1.54, 1.807) is 19.1 Å². The van der Waals surface area contributed by atoms with Crippen LogP contribution in [0.1, 0.15) is 44.0 Å². The van der Waals surface area contributed by atoms with Gasteiger partial charge in [-0.25, -0.2) is 4.79 Å². The van der Waals surface area contributed by atoms with E-state index < -0.39 is 24.0 Å². The van der Waals surface area contributed by atoms with Crippen LogP contribution in [0.4, 0.5) is 0 Å². The highest BCUT2D eigenvalue weighted by molar-refractivity contribution is 5.92. The van der Waals surface area contributed by atoms with E-state index in [1.165, 1.54) is 13.2 Å². The molecule has 1 saturated carbocycles. The van der Waals surface area contributed by atoms with Gasteiger partial charge in [-0.2, -0.15) is 5.26 Å². The average molecular weight is 360 g/mol. The molecule has 7 heteroatoms. The third kappa shape index (κ3) is 4.88. The molecular formula is C19H24N2O5. The number of amides is 1. The van der Waals surface area contributed by atoms with Gasteiger partial charge in [0.1, 0.15) is 5.54 Å². The van der Waals surface area contributed by atoms with Gasteiger partial charge in [0.05, 0.1) is 24.8 Å². The molecule has 1 atom stereocenters. The predicted molar refractivity (Wildman–Crippen MR) is 93.9 cm³/mol. The van der Waals surface area contributed by atoms with Gasteiger partial charge in [-0.1, -0.05) is 0 Å². The van der Waals surface area contributed by atoms with Crippen molar-refractivity contribution in [3.8, 4) is 17.6 Å². The number of nitrogens with one attached hydrogen (secondary N) is 1. The van der Waals surface area contributed by atoms with E-state index >= 15 is 0 Å². The zero-order valence-corrected chi connectivity index (χ0v) is 15.5. The number of carbonyl (C=O) groups excluding carboxylic acids is 2. The van der Waals surface area contributed by atoms with E-state index in [2.05, 4.69) is 11.4 Å². The van der Waals surface area contributed by atoms with Gasteiger partial charge in [0.15, 0.2) is 18.1 Å². The number of benzene rings is 1. The van der Waals surface area contributed by atoms with E-state index in [0.717, 1.165) is 12.8 Å². The summed E-state index contributed by atoms with van der Waals surface area (Å²) in [5.41, 5.74) is -0.668. The van der Waals surface area contributed by atoms with Crippen LogP contribution in [-0.2, 0) is 9.53 Å². The van der Waals surface area contributed by atoms with Crippen molar-refractivity contribution in [3.05, 3.63) is 23.8 Å². The Morgan fingerprint density at radius 1 is 1.35 bits per heavy atom. The Labute approximate surface area is 153 Å². The molecule has 140 valence electrons. The van der Waals surface area contributed by atoms with Gasteiger partial charge in [0.2, 0.25) is 0 Å². The number of hydrogen-bond acceptors (Lipinski definition) is 6. The Bertz CT molecular complexity index is 721. The third-order valence-corrected chi connectivity index (χ3v) is 4.12. The zero-order valence-electron chi connectivity index (χ0n) is 15.5. The maximum absolute atomic E-state index is 12.2. The maximum atomic E-state index is 12.2. The molecule has 0 saturated heterocycles. The molecular weight excluding hydrogens is 336 g/mol. The lowest BCUT2D eigenvalue weighted by molar-refractivity contribution is -0.125. The standard InChI is InChI=1S/C19H24N2O5/c1-12(2)26-15-8-5-13(9-16(15)24-4)18(23)25-10-17(22)21-19(3,11-20)14-6-7-14/h5,8-9,12,14H,6-7,10H2,1-4H3,(H,21,22). The van der Waals surface area contributed by atoms with Crippen LogP contribution in [0.15, 0.2) is 18.2 Å². The molecule has 1 aromatic rings. The minimum Gasteiger partial charge on any atom is -0.493 e. The van der Waals surface area contributed by atoms with Crippen LogP contribution in [0.3, 0.4) is 0 Å². The normalized spacial score (nSPS) is 15.5. The fraction of sp³-hybridized carbons (Fsp3) is 0.526. The van der Waals surface area contributed by atoms with Crippen LogP contribution in [-0.4, -0.2) is 37.2 Å². The van der Waals surface area contributed by atoms with E-state index in [1.807, 2.05) is 13.8 Å². The second-order valence-electron chi connectivity index (χ2n) is 6.74. The largest absolute Gasteiger partial charge is 0.493 e. The topological polar surface area (TPSA) is 97.6 Å². The minimum atomic E-state index is -0.914. The van der Waals surface area contributed by atoms with Gasteiger partial charge in [-0.15, -0.1) is 0 Å². The first kappa shape index (κ1) is 19.6. The monoisotopic (exact) mass is 360 g/mol. The van der Waals surface area contributed by atoms with Crippen molar-refractivity contribution in [1.29, 1.82) is 5.26 Å². The molecule has 26 heavy (non-hydrogen) atoms. The molecule has 1 aliphatic rings. The SMILES string of the molecule is COc1cc(C(=O)OCC(=O)NC(C)(C#N)C2CC2)ccc1OC(C)C. The number of nitriles is 1. The Hall–Kier alpha value is -2.75. The van der Waals surface area contributed by atoms with Crippen molar-refractivity contribution >= 4 is 11.9 Å². The molecule has 1 fully saturated rings. The highest BCUT2D eigenvalue weighted by Gasteiger charge is 2.43. The van der Waals surface area contributed by atoms with Crippen molar-refractivity contribution in [2.45, 2.75) is 45.3 Å². The summed E-state index contributed by atoms with van der Waals surface area (Å²) in [6.45, 7) is 5.01. The summed E-state index contributed by atoms with van der Waals surface area (Å²) in [5.74, 6) is -0.0695. The number of carbonyl (C=O) groups is 2. The molecule has 7 nitrogen and oxygen atoms in total. The van der Waals surface area contributed by atoms with Crippen molar-refractivity contribution in [1.82, 2.24) is 5.32 Å². The van der Waals surface area contributed by atoms with Crippen molar-refractivity contribution < 1.29 is 23.8 Å². The molecule has 0 heterocycles. The minimum absolute atomic E-state index is 0.0358. The highest BCUT2D eigenvalue weighted by atomic mass is 16.5. The number of rotatable bonds is 8. The molecule has 0 bridgehead atoms. The van der Waals surface area contributed by atoms with Crippen LogP contribution >= 0.6 is 0 Å². The number of nitrogens with zero attached hydrogens (tertiary/aromatic N) is 1. The molecule has 1 aliphatic carbocycles. The number of hydrogen-bond donors (Lipinski definition) is 1. The predicted octanol–water partition coefficient (Wildman–Crippen LogP) is 2.45. The molecule has 1 N–H and O–H groups in total. The van der Waals surface area contributed by atoms with Gasteiger partial charge >= 0.3 is 5.97 Å². The smallest absolute Gasteiger partial charge is 0.338 e. The lowest BCUT2D eigenvalue weighted by atomic mass is 9.98. The Kier molecular flexibility index (Phi) is 6.09. The van der Waals surface area contributed by atoms with Gasteiger partial charge in [-0.3, -0.25) is 4.79 Å². The summed E-state index contributed by atoms with van der Waals surface area (Å²) in [6, 6.07) is 6.79. The van der Waals surface area contributed by atoms with Crippen LogP contribution in [0.25, 0.3) is 0 Å². The second-order valence-corrected chi connectivity index (χ2v) is 6.74. The number of esters is 1. The average Bonchev–Trinajstić information content (AvgIpc) is 3.45. The van der Waals surface area contributed by atoms with E-state index in [0.29, 0.717) is 11.5 Å². The lowest BCUT2D eigenvalue weighted by Crippen LogP contribution is -2.48. The summed E-state index contributed by atoms with van der Waals surface area (Å²) in [4.78, 5) is 24.2. The quantitative estimate of drug-likeness (QED) is 0.715. The fourth-order valence-electron chi connectivity index (χ4n) is 2.57. The number of methoxy groups -OCH3 is 1. The summed E-state index contributed by atoms with van der Waals surface area (Å²) < 4.78 is 15.9. The summed E-state index contributed by atoms with van der Waals surface area (Å²) >= 11 is 0. The van der Waals surface area contributed by atoms with Crippen LogP contribution in [0.5, 0.6) is 11.5 Å². The number of ether oxygens (including phenoxy) is 3. The zero-order chi connectivity index (χ0) is 19.3. The third-order valence-electron chi connectivity index (χ3n) is 4.12. The Morgan fingerprint density at radius 3 is 2.58 bits per heavy atom.